The summed E-state index contributed by atoms with van der Waals surface area (Å²) in [4.78, 5) is 26.6. The minimum Gasteiger partial charge on any atom is -0.352 e. The molecule has 0 bridgehead atoms. The molecule has 3 rings (SSSR count). The minimum absolute atomic E-state index is 0.0580. The standard InChI is InChI=1S/C20H20BrFN2O2/c21-16-7-3-5-14(11-16)12-23-19(25)15-6-4-10-24(13-15)20(26)17-8-1-2-9-18(17)22/h1-3,5,7-9,11,15H,4,6,10,12-13H2,(H,23,25)/t15-/m0/s1. The second-order valence-electron chi connectivity index (χ2n) is 6.42. The summed E-state index contributed by atoms with van der Waals surface area (Å²) in [6, 6.07) is 13.7. The normalized spacial score (nSPS) is 17.0. The highest BCUT2D eigenvalue weighted by Crippen LogP contribution is 2.20. The van der Waals surface area contributed by atoms with Crippen LogP contribution in [0.3, 0.4) is 0 Å². The van der Waals surface area contributed by atoms with E-state index in [-0.39, 0.29) is 23.3 Å². The number of likely N-dealkylation sites (tertiary alicyclic amines) is 1. The Morgan fingerprint density at radius 1 is 1.19 bits per heavy atom. The first-order chi connectivity index (χ1) is 12.5. The van der Waals surface area contributed by atoms with Crippen molar-refractivity contribution < 1.29 is 14.0 Å². The van der Waals surface area contributed by atoms with Gasteiger partial charge in [0, 0.05) is 24.1 Å². The Balaban J connectivity index is 1.60. The molecule has 1 saturated heterocycles. The summed E-state index contributed by atoms with van der Waals surface area (Å²) in [5.74, 6) is -1.23. The van der Waals surface area contributed by atoms with Gasteiger partial charge in [-0.15, -0.1) is 0 Å². The van der Waals surface area contributed by atoms with Gasteiger partial charge >= 0.3 is 0 Å². The molecule has 1 aliphatic rings. The zero-order chi connectivity index (χ0) is 18.5. The maximum absolute atomic E-state index is 13.9. The number of amides is 2. The van der Waals surface area contributed by atoms with Crippen LogP contribution in [-0.2, 0) is 11.3 Å². The van der Waals surface area contributed by atoms with Gasteiger partial charge in [0.2, 0.25) is 5.91 Å². The van der Waals surface area contributed by atoms with E-state index in [0.717, 1.165) is 22.9 Å². The van der Waals surface area contributed by atoms with Crippen LogP contribution in [0.5, 0.6) is 0 Å². The molecule has 6 heteroatoms. The van der Waals surface area contributed by atoms with E-state index in [1.165, 1.54) is 12.1 Å². The summed E-state index contributed by atoms with van der Waals surface area (Å²) < 4.78 is 14.8. The lowest BCUT2D eigenvalue weighted by atomic mass is 9.96. The van der Waals surface area contributed by atoms with Gasteiger partial charge in [0.25, 0.3) is 5.91 Å². The molecule has 0 aromatic heterocycles. The lowest BCUT2D eigenvalue weighted by Crippen LogP contribution is -2.45. The van der Waals surface area contributed by atoms with Crippen LogP contribution in [0.15, 0.2) is 53.0 Å². The highest BCUT2D eigenvalue weighted by molar-refractivity contribution is 9.10. The molecule has 2 aromatic carbocycles. The summed E-state index contributed by atoms with van der Waals surface area (Å²) in [5, 5.41) is 2.93. The Morgan fingerprint density at radius 2 is 2.00 bits per heavy atom. The second kappa shape index (κ2) is 8.45. The first-order valence-corrected chi connectivity index (χ1v) is 9.40. The predicted molar refractivity (Wildman–Crippen MR) is 101 cm³/mol. The molecule has 1 aliphatic heterocycles. The lowest BCUT2D eigenvalue weighted by Gasteiger charge is -2.32. The number of hydrogen-bond donors (Lipinski definition) is 1. The Kier molecular flexibility index (Phi) is 6.04. The Hall–Kier alpha value is -2.21. The van der Waals surface area contributed by atoms with E-state index < -0.39 is 5.82 Å². The van der Waals surface area contributed by atoms with E-state index >= 15 is 0 Å². The molecule has 1 heterocycles. The van der Waals surface area contributed by atoms with E-state index in [1.807, 2.05) is 24.3 Å². The summed E-state index contributed by atoms with van der Waals surface area (Å²) >= 11 is 3.41. The molecule has 0 unspecified atom stereocenters. The summed E-state index contributed by atoms with van der Waals surface area (Å²) in [6.07, 6.45) is 1.46. The highest BCUT2D eigenvalue weighted by Gasteiger charge is 2.29. The molecular weight excluding hydrogens is 399 g/mol. The number of nitrogens with one attached hydrogen (secondary N) is 1. The van der Waals surface area contributed by atoms with Crippen molar-refractivity contribution in [3.05, 3.63) is 69.9 Å². The number of carbonyl (C=O) groups is 2. The molecule has 136 valence electrons. The first kappa shape index (κ1) is 18.6. The van der Waals surface area contributed by atoms with E-state index in [1.54, 1.807) is 17.0 Å². The molecular formula is C20H20BrFN2O2. The Labute approximate surface area is 160 Å². The van der Waals surface area contributed by atoms with Gasteiger partial charge < -0.3 is 10.2 Å². The van der Waals surface area contributed by atoms with Crippen LogP contribution in [0.2, 0.25) is 0 Å². The van der Waals surface area contributed by atoms with Gasteiger partial charge in [0.15, 0.2) is 0 Å². The largest absolute Gasteiger partial charge is 0.352 e. The van der Waals surface area contributed by atoms with Crippen molar-refractivity contribution in [1.82, 2.24) is 10.2 Å². The van der Waals surface area contributed by atoms with Gasteiger partial charge in [-0.2, -0.15) is 0 Å². The Morgan fingerprint density at radius 3 is 2.77 bits per heavy atom. The maximum Gasteiger partial charge on any atom is 0.256 e. The summed E-state index contributed by atoms with van der Waals surface area (Å²) in [7, 11) is 0. The van der Waals surface area contributed by atoms with E-state index in [4.69, 9.17) is 0 Å². The van der Waals surface area contributed by atoms with Crippen LogP contribution >= 0.6 is 15.9 Å². The molecule has 4 nitrogen and oxygen atoms in total. The molecule has 26 heavy (non-hydrogen) atoms. The van der Waals surface area contributed by atoms with Gasteiger partial charge in [-0.05, 0) is 42.7 Å². The number of halogens is 2. The second-order valence-corrected chi connectivity index (χ2v) is 7.33. The van der Waals surface area contributed by atoms with E-state index in [0.29, 0.717) is 19.6 Å². The number of rotatable bonds is 4. The molecule has 0 saturated carbocycles. The van der Waals surface area contributed by atoms with Crippen LogP contribution in [0.25, 0.3) is 0 Å². The SMILES string of the molecule is O=C(NCc1cccc(Br)c1)[C@H]1CCCN(C(=O)c2ccccc2F)C1. The molecule has 1 atom stereocenters. The van der Waals surface area contributed by atoms with Crippen molar-refractivity contribution in [3.63, 3.8) is 0 Å². The van der Waals surface area contributed by atoms with Crippen molar-refractivity contribution in [2.75, 3.05) is 13.1 Å². The summed E-state index contributed by atoms with van der Waals surface area (Å²) in [5.41, 5.74) is 1.06. The van der Waals surface area contributed by atoms with Crippen molar-refractivity contribution in [2.24, 2.45) is 5.92 Å². The molecule has 0 spiro atoms. The molecule has 2 amide bonds. The van der Waals surface area contributed by atoms with Crippen LogP contribution in [0.1, 0.15) is 28.8 Å². The third-order valence-electron chi connectivity index (χ3n) is 4.54. The topological polar surface area (TPSA) is 49.4 Å². The number of benzene rings is 2. The van der Waals surface area contributed by atoms with Crippen molar-refractivity contribution >= 4 is 27.7 Å². The fraction of sp³-hybridized carbons (Fsp3) is 0.300. The lowest BCUT2D eigenvalue weighted by molar-refractivity contribution is -0.126. The fourth-order valence-electron chi connectivity index (χ4n) is 3.16. The average Bonchev–Trinajstić information content (AvgIpc) is 2.66. The maximum atomic E-state index is 13.9. The van der Waals surface area contributed by atoms with Gasteiger partial charge in [-0.1, -0.05) is 40.2 Å². The smallest absolute Gasteiger partial charge is 0.256 e. The van der Waals surface area contributed by atoms with Crippen LogP contribution in [-0.4, -0.2) is 29.8 Å². The Bertz CT molecular complexity index is 812. The van der Waals surface area contributed by atoms with Gasteiger partial charge in [0.05, 0.1) is 11.5 Å². The first-order valence-electron chi connectivity index (χ1n) is 8.60. The van der Waals surface area contributed by atoms with Crippen molar-refractivity contribution in [2.45, 2.75) is 19.4 Å². The van der Waals surface area contributed by atoms with Crippen LogP contribution in [0.4, 0.5) is 4.39 Å². The van der Waals surface area contributed by atoms with Crippen LogP contribution < -0.4 is 5.32 Å². The minimum atomic E-state index is -0.529. The zero-order valence-electron chi connectivity index (χ0n) is 14.3. The monoisotopic (exact) mass is 418 g/mol. The molecule has 0 aliphatic carbocycles. The third kappa shape index (κ3) is 4.49. The number of nitrogens with zero attached hydrogens (tertiary/aromatic N) is 1. The van der Waals surface area contributed by atoms with Crippen LogP contribution in [0, 0.1) is 11.7 Å². The molecule has 1 fully saturated rings. The number of piperidine rings is 1. The fourth-order valence-corrected chi connectivity index (χ4v) is 3.61. The van der Waals surface area contributed by atoms with E-state index in [9.17, 15) is 14.0 Å². The molecule has 2 aromatic rings. The predicted octanol–water partition coefficient (Wildman–Crippen LogP) is 3.76. The quantitative estimate of drug-likeness (QED) is 0.821. The summed E-state index contributed by atoms with van der Waals surface area (Å²) in [6.45, 7) is 1.30. The molecule has 1 N–H and O–H groups in total. The van der Waals surface area contributed by atoms with Crippen molar-refractivity contribution in [3.8, 4) is 0 Å². The highest BCUT2D eigenvalue weighted by atomic mass is 79.9. The van der Waals surface area contributed by atoms with Crippen molar-refractivity contribution in [1.29, 1.82) is 0 Å². The molecule has 0 radical (unpaired) electrons. The number of carbonyl (C=O) groups excluding carboxylic acids is 2. The number of hydrogen-bond acceptors (Lipinski definition) is 2. The van der Waals surface area contributed by atoms with Gasteiger partial charge in [0.1, 0.15) is 5.82 Å². The van der Waals surface area contributed by atoms with Gasteiger partial charge in [-0.25, -0.2) is 4.39 Å². The third-order valence-corrected chi connectivity index (χ3v) is 5.03. The zero-order valence-corrected chi connectivity index (χ0v) is 15.8. The average molecular weight is 419 g/mol. The van der Waals surface area contributed by atoms with E-state index in [2.05, 4.69) is 21.2 Å². The van der Waals surface area contributed by atoms with Gasteiger partial charge in [-0.3, -0.25) is 9.59 Å².